The molecule has 0 spiro atoms. The molecule has 1 aliphatic rings. The van der Waals surface area contributed by atoms with Crippen LogP contribution >= 0.6 is 0 Å². The van der Waals surface area contributed by atoms with Crippen LogP contribution in [0.1, 0.15) is 6.42 Å². The van der Waals surface area contributed by atoms with Gasteiger partial charge in [-0.3, -0.25) is 0 Å². The SMILES string of the molecule is N#CC1=CCC(=N)C=C1. The molecule has 9 heavy (non-hydrogen) atoms. The van der Waals surface area contributed by atoms with E-state index in [0.29, 0.717) is 17.7 Å². The maximum Gasteiger partial charge on any atom is 0.0988 e. The smallest absolute Gasteiger partial charge is 0.0988 e. The molecule has 0 bridgehead atoms. The molecule has 0 aromatic rings. The molecular formula is C7H6N2. The minimum absolute atomic E-state index is 0.564. The van der Waals surface area contributed by atoms with Crippen molar-refractivity contribution in [2.75, 3.05) is 0 Å². The lowest BCUT2D eigenvalue weighted by Crippen LogP contribution is -1.93. The molecular weight excluding hydrogens is 112 g/mol. The van der Waals surface area contributed by atoms with Crippen molar-refractivity contribution in [2.24, 2.45) is 0 Å². The minimum atomic E-state index is 0.564. The zero-order valence-corrected chi connectivity index (χ0v) is 4.89. The number of nitriles is 1. The fourth-order valence-corrected chi connectivity index (χ4v) is 0.629. The van der Waals surface area contributed by atoms with E-state index in [4.69, 9.17) is 10.7 Å². The zero-order valence-electron chi connectivity index (χ0n) is 4.89. The highest BCUT2D eigenvalue weighted by molar-refractivity contribution is 5.95. The summed E-state index contributed by atoms with van der Waals surface area (Å²) < 4.78 is 0. The second-order valence-electron chi connectivity index (χ2n) is 1.83. The standard InChI is InChI=1S/C7H6N2/c8-5-6-1-3-7(9)4-2-6/h1-3,9H,4H2. The molecule has 0 unspecified atom stereocenters. The average Bonchev–Trinajstić information content (AvgIpc) is 1.90. The van der Waals surface area contributed by atoms with Crippen LogP contribution in [0.25, 0.3) is 0 Å². The minimum Gasteiger partial charge on any atom is -0.305 e. The van der Waals surface area contributed by atoms with Crippen molar-refractivity contribution in [2.45, 2.75) is 6.42 Å². The summed E-state index contributed by atoms with van der Waals surface area (Å²) in [5.41, 5.74) is 1.22. The van der Waals surface area contributed by atoms with Gasteiger partial charge in [-0.05, 0) is 12.2 Å². The summed E-state index contributed by atoms with van der Waals surface area (Å²) in [7, 11) is 0. The Labute approximate surface area is 53.6 Å². The number of rotatable bonds is 0. The van der Waals surface area contributed by atoms with Gasteiger partial charge in [0, 0.05) is 17.7 Å². The summed E-state index contributed by atoms with van der Waals surface area (Å²) in [6.07, 6.45) is 5.66. The van der Waals surface area contributed by atoms with Crippen molar-refractivity contribution < 1.29 is 0 Å². The Bertz CT molecular complexity index is 228. The largest absolute Gasteiger partial charge is 0.305 e. The predicted molar refractivity (Wildman–Crippen MR) is 35.2 cm³/mol. The fraction of sp³-hybridized carbons (Fsp3) is 0.143. The first-order chi connectivity index (χ1) is 4.33. The van der Waals surface area contributed by atoms with E-state index >= 15 is 0 Å². The molecule has 2 nitrogen and oxygen atoms in total. The van der Waals surface area contributed by atoms with Gasteiger partial charge < -0.3 is 5.41 Å². The third-order valence-corrected chi connectivity index (χ3v) is 1.14. The Morgan fingerprint density at radius 2 is 2.33 bits per heavy atom. The van der Waals surface area contributed by atoms with Crippen molar-refractivity contribution in [1.82, 2.24) is 0 Å². The monoisotopic (exact) mass is 118 g/mol. The highest BCUT2D eigenvalue weighted by atomic mass is 14.4. The maximum absolute atomic E-state index is 8.34. The highest BCUT2D eigenvalue weighted by Crippen LogP contribution is 2.04. The van der Waals surface area contributed by atoms with Crippen LogP contribution in [0.15, 0.2) is 23.8 Å². The summed E-state index contributed by atoms with van der Waals surface area (Å²) in [5, 5.41) is 15.5. The first kappa shape index (κ1) is 5.77. The van der Waals surface area contributed by atoms with Gasteiger partial charge in [-0.2, -0.15) is 5.26 Å². The van der Waals surface area contributed by atoms with Crippen molar-refractivity contribution >= 4 is 5.71 Å². The van der Waals surface area contributed by atoms with E-state index in [0.717, 1.165) is 0 Å². The quantitative estimate of drug-likeness (QED) is 0.513. The molecule has 0 saturated carbocycles. The third-order valence-electron chi connectivity index (χ3n) is 1.14. The van der Waals surface area contributed by atoms with Gasteiger partial charge in [0.15, 0.2) is 0 Å². The van der Waals surface area contributed by atoms with Gasteiger partial charge in [0.2, 0.25) is 0 Å². The van der Waals surface area contributed by atoms with Crippen LogP contribution in [-0.4, -0.2) is 5.71 Å². The molecule has 0 aliphatic heterocycles. The predicted octanol–water partition coefficient (Wildman–Crippen LogP) is 1.42. The summed E-state index contributed by atoms with van der Waals surface area (Å²) in [5.74, 6) is 0. The second-order valence-corrected chi connectivity index (χ2v) is 1.83. The van der Waals surface area contributed by atoms with E-state index in [2.05, 4.69) is 0 Å². The Morgan fingerprint density at radius 1 is 1.56 bits per heavy atom. The lowest BCUT2D eigenvalue weighted by atomic mass is 10.1. The Kier molecular flexibility index (Phi) is 1.46. The molecule has 0 fully saturated rings. The van der Waals surface area contributed by atoms with Crippen molar-refractivity contribution in [3.63, 3.8) is 0 Å². The Balaban J connectivity index is 2.77. The van der Waals surface area contributed by atoms with E-state index in [1.54, 1.807) is 18.2 Å². The lowest BCUT2D eigenvalue weighted by molar-refractivity contribution is 1.34. The van der Waals surface area contributed by atoms with Crippen LogP contribution in [0, 0.1) is 16.7 Å². The van der Waals surface area contributed by atoms with Crippen LogP contribution in [0.5, 0.6) is 0 Å². The molecule has 0 atom stereocenters. The van der Waals surface area contributed by atoms with Crippen LogP contribution in [0.3, 0.4) is 0 Å². The van der Waals surface area contributed by atoms with E-state index in [9.17, 15) is 0 Å². The lowest BCUT2D eigenvalue weighted by Gasteiger charge is -1.97. The summed E-state index contributed by atoms with van der Waals surface area (Å²) in [6.45, 7) is 0. The Hall–Kier alpha value is -1.36. The normalized spacial score (nSPS) is 16.8. The summed E-state index contributed by atoms with van der Waals surface area (Å²) >= 11 is 0. The first-order valence-corrected chi connectivity index (χ1v) is 2.68. The van der Waals surface area contributed by atoms with Crippen molar-refractivity contribution in [1.29, 1.82) is 10.7 Å². The van der Waals surface area contributed by atoms with E-state index in [1.807, 2.05) is 6.07 Å². The van der Waals surface area contributed by atoms with Crippen LogP contribution in [-0.2, 0) is 0 Å². The van der Waals surface area contributed by atoms with Gasteiger partial charge in [-0.1, -0.05) is 6.08 Å². The molecule has 2 heteroatoms. The third kappa shape index (κ3) is 1.26. The van der Waals surface area contributed by atoms with Gasteiger partial charge in [0.1, 0.15) is 0 Å². The van der Waals surface area contributed by atoms with Gasteiger partial charge in [0.05, 0.1) is 6.07 Å². The molecule has 0 saturated heterocycles. The van der Waals surface area contributed by atoms with Crippen LogP contribution < -0.4 is 0 Å². The van der Waals surface area contributed by atoms with E-state index in [-0.39, 0.29) is 0 Å². The van der Waals surface area contributed by atoms with Crippen LogP contribution in [0.4, 0.5) is 0 Å². The molecule has 0 amide bonds. The molecule has 1 aliphatic carbocycles. The van der Waals surface area contributed by atoms with Gasteiger partial charge in [-0.25, -0.2) is 0 Å². The summed E-state index contributed by atoms with van der Waals surface area (Å²) in [6, 6.07) is 2.00. The number of allylic oxidation sites excluding steroid dienone is 4. The van der Waals surface area contributed by atoms with Gasteiger partial charge >= 0.3 is 0 Å². The molecule has 0 heterocycles. The maximum atomic E-state index is 8.34. The van der Waals surface area contributed by atoms with Gasteiger partial charge in [0.25, 0.3) is 0 Å². The fourth-order valence-electron chi connectivity index (χ4n) is 0.629. The van der Waals surface area contributed by atoms with Gasteiger partial charge in [-0.15, -0.1) is 0 Å². The molecule has 1 rings (SSSR count). The van der Waals surface area contributed by atoms with E-state index in [1.165, 1.54) is 0 Å². The number of nitrogens with zero attached hydrogens (tertiary/aromatic N) is 1. The second kappa shape index (κ2) is 2.27. The van der Waals surface area contributed by atoms with Crippen molar-refractivity contribution in [3.05, 3.63) is 23.8 Å². The zero-order chi connectivity index (χ0) is 6.69. The molecule has 1 N–H and O–H groups in total. The van der Waals surface area contributed by atoms with E-state index < -0.39 is 0 Å². The van der Waals surface area contributed by atoms with Crippen molar-refractivity contribution in [3.8, 4) is 6.07 Å². The Morgan fingerprint density at radius 3 is 2.78 bits per heavy atom. The number of hydrogen-bond donors (Lipinski definition) is 1. The molecule has 0 radical (unpaired) electrons. The number of hydrogen-bond acceptors (Lipinski definition) is 2. The summed E-state index contributed by atoms with van der Waals surface area (Å²) in [4.78, 5) is 0. The average molecular weight is 118 g/mol. The topological polar surface area (TPSA) is 47.6 Å². The number of nitrogens with one attached hydrogen (secondary N) is 1. The first-order valence-electron chi connectivity index (χ1n) is 2.68. The van der Waals surface area contributed by atoms with Crippen LogP contribution in [0.2, 0.25) is 0 Å². The highest BCUT2D eigenvalue weighted by Gasteiger charge is 1.97. The molecule has 0 aromatic carbocycles. The molecule has 44 valence electrons. The molecule has 0 aromatic heterocycles.